The van der Waals surface area contributed by atoms with Crippen molar-refractivity contribution < 1.29 is 4.79 Å². The molecule has 0 atom stereocenters. The Hall–Kier alpha value is -2.92. The molecule has 0 spiro atoms. The van der Waals surface area contributed by atoms with Crippen LogP contribution in [0.2, 0.25) is 0 Å². The minimum absolute atomic E-state index is 0.0971. The highest BCUT2D eigenvalue weighted by molar-refractivity contribution is 5.93. The molecule has 2 aromatic carbocycles. The first kappa shape index (κ1) is 19.1. The van der Waals surface area contributed by atoms with E-state index in [0.717, 1.165) is 50.5 Å². The fourth-order valence-corrected chi connectivity index (χ4v) is 4.23. The third-order valence-electron chi connectivity index (χ3n) is 6.07. The molecule has 5 rings (SSSR count). The number of hydrogen-bond donors (Lipinski definition) is 0. The van der Waals surface area contributed by atoms with E-state index in [2.05, 4.69) is 35.2 Å². The van der Waals surface area contributed by atoms with E-state index in [-0.39, 0.29) is 5.91 Å². The fourth-order valence-electron chi connectivity index (χ4n) is 4.23. The molecule has 5 heteroatoms. The molecule has 0 radical (unpaired) electrons. The van der Waals surface area contributed by atoms with Gasteiger partial charge in [-0.15, -0.1) is 0 Å². The lowest BCUT2D eigenvalue weighted by atomic mass is 10.2. The minimum atomic E-state index is 0.0971. The van der Waals surface area contributed by atoms with Gasteiger partial charge in [-0.2, -0.15) is 5.10 Å². The van der Waals surface area contributed by atoms with Crippen molar-refractivity contribution in [1.82, 2.24) is 19.6 Å². The number of amides is 1. The Morgan fingerprint density at radius 2 is 1.63 bits per heavy atom. The summed E-state index contributed by atoms with van der Waals surface area (Å²) >= 11 is 0. The van der Waals surface area contributed by atoms with Gasteiger partial charge in [-0.3, -0.25) is 9.69 Å². The summed E-state index contributed by atoms with van der Waals surface area (Å²) in [5.41, 5.74) is 4.03. The van der Waals surface area contributed by atoms with Crippen molar-refractivity contribution in [2.45, 2.75) is 31.7 Å². The van der Waals surface area contributed by atoms with E-state index in [9.17, 15) is 4.79 Å². The third kappa shape index (κ3) is 4.17. The summed E-state index contributed by atoms with van der Waals surface area (Å²) in [7, 11) is 0. The number of rotatable bonds is 5. The van der Waals surface area contributed by atoms with Gasteiger partial charge in [0.15, 0.2) is 0 Å². The number of nitrogens with zero attached hydrogens (tertiary/aromatic N) is 4. The molecule has 1 aromatic heterocycles. The topological polar surface area (TPSA) is 41.4 Å². The van der Waals surface area contributed by atoms with Crippen LogP contribution in [-0.4, -0.2) is 51.7 Å². The summed E-state index contributed by atoms with van der Waals surface area (Å²) in [5.74, 6) is 0.617. The van der Waals surface area contributed by atoms with Gasteiger partial charge < -0.3 is 4.90 Å². The SMILES string of the molecule is O=C(c1cc(C2CC2)nn1-c1ccccc1)N1CCCN(Cc2ccccc2)CC1. The van der Waals surface area contributed by atoms with Crippen LogP contribution >= 0.6 is 0 Å². The van der Waals surface area contributed by atoms with Gasteiger partial charge in [-0.05, 0) is 43.0 Å². The van der Waals surface area contributed by atoms with Gasteiger partial charge in [0, 0.05) is 38.6 Å². The summed E-state index contributed by atoms with van der Waals surface area (Å²) in [5, 5.41) is 4.81. The number of para-hydroxylation sites is 1. The Morgan fingerprint density at radius 3 is 2.37 bits per heavy atom. The third-order valence-corrected chi connectivity index (χ3v) is 6.07. The van der Waals surface area contributed by atoms with E-state index in [1.54, 1.807) is 0 Å². The maximum absolute atomic E-state index is 13.5. The van der Waals surface area contributed by atoms with E-state index in [1.807, 2.05) is 46.0 Å². The summed E-state index contributed by atoms with van der Waals surface area (Å²) in [6, 6.07) is 22.6. The Balaban J connectivity index is 1.33. The predicted octanol–water partition coefficient (Wildman–Crippen LogP) is 4.10. The van der Waals surface area contributed by atoms with Crippen molar-refractivity contribution in [3.8, 4) is 5.69 Å². The van der Waals surface area contributed by atoms with Crippen LogP contribution in [0, 0.1) is 0 Å². The quantitative estimate of drug-likeness (QED) is 0.648. The maximum Gasteiger partial charge on any atom is 0.272 e. The van der Waals surface area contributed by atoms with Gasteiger partial charge in [0.2, 0.25) is 0 Å². The first-order valence-electron chi connectivity index (χ1n) is 11.0. The van der Waals surface area contributed by atoms with Crippen LogP contribution < -0.4 is 0 Å². The predicted molar refractivity (Wildman–Crippen MR) is 118 cm³/mol. The lowest BCUT2D eigenvalue weighted by Crippen LogP contribution is -2.36. The van der Waals surface area contributed by atoms with Crippen LogP contribution in [0.5, 0.6) is 0 Å². The summed E-state index contributed by atoms with van der Waals surface area (Å²) in [6.45, 7) is 4.41. The smallest absolute Gasteiger partial charge is 0.272 e. The number of carbonyl (C=O) groups excluding carboxylic acids is 1. The molecule has 1 aliphatic heterocycles. The van der Waals surface area contributed by atoms with Gasteiger partial charge in [0.1, 0.15) is 5.69 Å². The average Bonchev–Trinajstić information content (AvgIpc) is 3.58. The Kier molecular flexibility index (Phi) is 5.37. The molecule has 1 saturated carbocycles. The molecule has 2 aliphatic rings. The Bertz CT molecular complexity index is 995. The van der Waals surface area contributed by atoms with Gasteiger partial charge in [-0.25, -0.2) is 4.68 Å². The van der Waals surface area contributed by atoms with Gasteiger partial charge in [-0.1, -0.05) is 48.5 Å². The molecule has 1 aliphatic carbocycles. The largest absolute Gasteiger partial charge is 0.336 e. The summed E-state index contributed by atoms with van der Waals surface area (Å²) < 4.78 is 1.85. The second-order valence-corrected chi connectivity index (χ2v) is 8.38. The lowest BCUT2D eigenvalue weighted by molar-refractivity contribution is 0.0752. The number of benzene rings is 2. The molecular formula is C25H28N4O. The molecule has 0 N–H and O–H groups in total. The van der Waals surface area contributed by atoms with Crippen molar-refractivity contribution in [3.05, 3.63) is 83.7 Å². The second-order valence-electron chi connectivity index (χ2n) is 8.38. The Labute approximate surface area is 177 Å². The molecule has 30 heavy (non-hydrogen) atoms. The van der Waals surface area contributed by atoms with E-state index in [4.69, 9.17) is 5.10 Å². The highest BCUT2D eigenvalue weighted by Crippen LogP contribution is 2.39. The molecule has 5 nitrogen and oxygen atoms in total. The molecule has 3 aromatic rings. The van der Waals surface area contributed by atoms with Crippen LogP contribution in [0.1, 0.15) is 46.9 Å². The second kappa shape index (κ2) is 8.44. The van der Waals surface area contributed by atoms with Crippen LogP contribution in [0.25, 0.3) is 5.69 Å². The first-order chi connectivity index (χ1) is 14.8. The maximum atomic E-state index is 13.5. The summed E-state index contributed by atoms with van der Waals surface area (Å²) in [6.07, 6.45) is 3.35. The highest BCUT2D eigenvalue weighted by Gasteiger charge is 2.30. The normalized spacial score (nSPS) is 17.7. The van der Waals surface area contributed by atoms with Crippen molar-refractivity contribution in [2.24, 2.45) is 0 Å². The number of carbonyl (C=O) groups is 1. The van der Waals surface area contributed by atoms with Crippen LogP contribution in [0.15, 0.2) is 66.7 Å². The van der Waals surface area contributed by atoms with Crippen LogP contribution in [0.4, 0.5) is 0 Å². The summed E-state index contributed by atoms with van der Waals surface area (Å²) in [4.78, 5) is 18.0. The van der Waals surface area contributed by atoms with Crippen molar-refractivity contribution >= 4 is 5.91 Å². The molecule has 2 fully saturated rings. The average molecular weight is 401 g/mol. The van der Waals surface area contributed by atoms with E-state index < -0.39 is 0 Å². The van der Waals surface area contributed by atoms with Crippen molar-refractivity contribution in [2.75, 3.05) is 26.2 Å². The molecular weight excluding hydrogens is 372 g/mol. The lowest BCUT2D eigenvalue weighted by Gasteiger charge is -2.22. The van der Waals surface area contributed by atoms with Crippen LogP contribution in [0.3, 0.4) is 0 Å². The van der Waals surface area contributed by atoms with Gasteiger partial charge in [0.05, 0.1) is 11.4 Å². The van der Waals surface area contributed by atoms with Gasteiger partial charge >= 0.3 is 0 Å². The molecule has 0 bridgehead atoms. The molecule has 154 valence electrons. The monoisotopic (exact) mass is 400 g/mol. The zero-order chi connectivity index (χ0) is 20.3. The zero-order valence-electron chi connectivity index (χ0n) is 17.3. The number of aromatic nitrogens is 2. The first-order valence-corrected chi connectivity index (χ1v) is 11.0. The van der Waals surface area contributed by atoms with Crippen molar-refractivity contribution in [3.63, 3.8) is 0 Å². The fraction of sp³-hybridized carbons (Fsp3) is 0.360. The highest BCUT2D eigenvalue weighted by atomic mass is 16.2. The van der Waals surface area contributed by atoms with E-state index in [0.29, 0.717) is 11.6 Å². The number of hydrogen-bond acceptors (Lipinski definition) is 3. The van der Waals surface area contributed by atoms with Crippen LogP contribution in [-0.2, 0) is 6.54 Å². The zero-order valence-corrected chi connectivity index (χ0v) is 17.3. The Morgan fingerprint density at radius 1 is 0.900 bits per heavy atom. The van der Waals surface area contributed by atoms with E-state index >= 15 is 0 Å². The molecule has 2 heterocycles. The standard InChI is InChI=1S/C25H28N4O/c30-25(28-15-7-14-27(16-17-28)19-20-8-3-1-4-9-20)24-18-23(21-12-13-21)26-29(24)22-10-5-2-6-11-22/h1-6,8-11,18,21H,7,12-17,19H2. The minimum Gasteiger partial charge on any atom is -0.336 e. The molecule has 1 saturated heterocycles. The van der Waals surface area contributed by atoms with Gasteiger partial charge in [0.25, 0.3) is 5.91 Å². The molecule has 1 amide bonds. The van der Waals surface area contributed by atoms with Crippen molar-refractivity contribution in [1.29, 1.82) is 0 Å². The molecule has 0 unspecified atom stereocenters. The van der Waals surface area contributed by atoms with E-state index in [1.165, 1.54) is 18.4 Å².